The molecule has 0 amide bonds. The molecule has 0 spiro atoms. The van der Waals surface area contributed by atoms with Gasteiger partial charge in [0.15, 0.2) is 5.69 Å². The largest absolute Gasteiger partial charge is 0.471 e. The van der Waals surface area contributed by atoms with Crippen molar-refractivity contribution < 1.29 is 9.13 Å². The molecule has 0 unspecified atom stereocenters. The Morgan fingerprint density at radius 3 is 2.72 bits per heavy atom. The summed E-state index contributed by atoms with van der Waals surface area (Å²) in [7, 11) is 0. The van der Waals surface area contributed by atoms with Gasteiger partial charge in [0.25, 0.3) is 0 Å². The van der Waals surface area contributed by atoms with Crippen molar-refractivity contribution in [2.24, 2.45) is 5.73 Å². The van der Waals surface area contributed by atoms with Crippen LogP contribution in [0.5, 0.6) is 5.88 Å². The van der Waals surface area contributed by atoms with Crippen molar-refractivity contribution in [2.45, 2.75) is 6.61 Å². The van der Waals surface area contributed by atoms with E-state index in [0.29, 0.717) is 5.56 Å². The number of nitrogens with zero attached hydrogens (tertiary/aromatic N) is 2. The Kier molecular flexibility index (Phi) is 3.47. The van der Waals surface area contributed by atoms with Gasteiger partial charge >= 0.3 is 0 Å². The molecule has 92 valence electrons. The lowest BCUT2D eigenvalue weighted by molar-refractivity contribution is 0.286. The molecule has 0 saturated heterocycles. The summed E-state index contributed by atoms with van der Waals surface area (Å²) >= 11 is 0. The molecule has 0 bridgehead atoms. The van der Waals surface area contributed by atoms with Gasteiger partial charge in [-0.2, -0.15) is 0 Å². The van der Waals surface area contributed by atoms with Crippen molar-refractivity contribution in [3.63, 3.8) is 0 Å². The molecule has 0 aliphatic carbocycles. The van der Waals surface area contributed by atoms with Crippen molar-refractivity contribution in [3.05, 3.63) is 53.7 Å². The van der Waals surface area contributed by atoms with Crippen LogP contribution in [0.3, 0.4) is 0 Å². The van der Waals surface area contributed by atoms with Crippen LogP contribution in [0.1, 0.15) is 11.3 Å². The van der Waals surface area contributed by atoms with Crippen molar-refractivity contribution in [1.82, 2.24) is 9.97 Å². The highest BCUT2D eigenvalue weighted by molar-refractivity contribution is 5.94. The molecular weight excluding hydrogens is 235 g/mol. The van der Waals surface area contributed by atoms with Crippen molar-refractivity contribution in [3.8, 4) is 5.88 Å². The minimum absolute atomic E-state index is 0.00560. The molecule has 0 aliphatic heterocycles. The van der Waals surface area contributed by atoms with E-state index in [1.807, 2.05) is 0 Å². The van der Waals surface area contributed by atoms with Crippen LogP contribution in [-0.2, 0) is 6.61 Å². The number of benzene rings is 1. The van der Waals surface area contributed by atoms with Gasteiger partial charge in [0.2, 0.25) is 5.88 Å². The van der Waals surface area contributed by atoms with E-state index in [9.17, 15) is 4.39 Å². The molecule has 1 heterocycles. The predicted octanol–water partition coefficient (Wildman–Crippen LogP) is 1.48. The third-order valence-electron chi connectivity index (χ3n) is 2.24. The van der Waals surface area contributed by atoms with E-state index < -0.39 is 0 Å². The molecule has 0 fully saturated rings. The maximum Gasteiger partial charge on any atom is 0.244 e. The van der Waals surface area contributed by atoms with Crippen LogP contribution in [0, 0.1) is 11.2 Å². The van der Waals surface area contributed by atoms with Crippen molar-refractivity contribution >= 4 is 5.84 Å². The first kappa shape index (κ1) is 12.0. The monoisotopic (exact) mass is 246 g/mol. The fourth-order valence-corrected chi connectivity index (χ4v) is 1.38. The van der Waals surface area contributed by atoms with E-state index in [2.05, 4.69) is 9.97 Å². The first-order chi connectivity index (χ1) is 8.68. The lowest BCUT2D eigenvalue weighted by Gasteiger charge is -2.08. The molecule has 0 atom stereocenters. The molecule has 2 rings (SSSR count). The number of nitrogen functional groups attached to an aromatic ring is 1. The highest BCUT2D eigenvalue weighted by Gasteiger charge is 2.10. The van der Waals surface area contributed by atoms with E-state index in [1.165, 1.54) is 18.5 Å². The van der Waals surface area contributed by atoms with Crippen LogP contribution in [0.2, 0.25) is 0 Å². The number of nitrogens with two attached hydrogens (primary N) is 1. The molecule has 0 saturated carbocycles. The molecule has 5 nitrogen and oxygen atoms in total. The fraction of sp³-hybridized carbons (Fsp3) is 0.0833. The highest BCUT2D eigenvalue weighted by Crippen LogP contribution is 2.14. The van der Waals surface area contributed by atoms with Gasteiger partial charge in [-0.1, -0.05) is 18.2 Å². The van der Waals surface area contributed by atoms with Crippen LogP contribution in [-0.4, -0.2) is 15.8 Å². The number of nitrogens with one attached hydrogen (secondary N) is 1. The SMILES string of the molecule is N=C(N)c1nccnc1OCc1ccccc1F. The van der Waals surface area contributed by atoms with Gasteiger partial charge in [-0.3, -0.25) is 5.41 Å². The summed E-state index contributed by atoms with van der Waals surface area (Å²) in [4.78, 5) is 7.80. The van der Waals surface area contributed by atoms with Gasteiger partial charge in [0.05, 0.1) is 0 Å². The maximum absolute atomic E-state index is 13.4. The fourth-order valence-electron chi connectivity index (χ4n) is 1.38. The van der Waals surface area contributed by atoms with Gasteiger partial charge in [-0.05, 0) is 6.07 Å². The Bertz CT molecular complexity index is 574. The summed E-state index contributed by atoms with van der Waals surface area (Å²) in [6.45, 7) is 0.00560. The average molecular weight is 246 g/mol. The molecule has 3 N–H and O–H groups in total. The second-order valence-electron chi connectivity index (χ2n) is 3.50. The molecule has 0 radical (unpaired) electrons. The number of halogens is 1. The van der Waals surface area contributed by atoms with E-state index in [1.54, 1.807) is 18.2 Å². The zero-order valence-corrected chi connectivity index (χ0v) is 9.43. The molecule has 18 heavy (non-hydrogen) atoms. The maximum atomic E-state index is 13.4. The number of amidine groups is 1. The zero-order valence-electron chi connectivity index (χ0n) is 9.43. The summed E-state index contributed by atoms with van der Waals surface area (Å²) in [5.41, 5.74) is 5.89. The normalized spacial score (nSPS) is 10.1. The summed E-state index contributed by atoms with van der Waals surface area (Å²) in [6, 6.07) is 6.27. The van der Waals surface area contributed by atoms with Gasteiger partial charge in [-0.15, -0.1) is 0 Å². The molecule has 6 heteroatoms. The van der Waals surface area contributed by atoms with Gasteiger partial charge in [0, 0.05) is 18.0 Å². The first-order valence-corrected chi connectivity index (χ1v) is 5.20. The summed E-state index contributed by atoms with van der Waals surface area (Å²) in [5.74, 6) is -0.481. The molecular formula is C12H11FN4O. The van der Waals surface area contributed by atoms with Crippen molar-refractivity contribution in [1.29, 1.82) is 5.41 Å². The number of hydrogen-bond acceptors (Lipinski definition) is 4. The Labute approximate surface area is 103 Å². The number of aromatic nitrogens is 2. The Morgan fingerprint density at radius 2 is 2.00 bits per heavy atom. The van der Waals surface area contributed by atoms with E-state index in [4.69, 9.17) is 15.9 Å². The Morgan fingerprint density at radius 1 is 1.28 bits per heavy atom. The number of ether oxygens (including phenoxy) is 1. The summed E-state index contributed by atoms with van der Waals surface area (Å²) in [6.07, 6.45) is 2.83. The highest BCUT2D eigenvalue weighted by atomic mass is 19.1. The Hall–Kier alpha value is -2.50. The van der Waals surface area contributed by atoms with Crippen LogP contribution in [0.15, 0.2) is 36.7 Å². The van der Waals surface area contributed by atoms with E-state index in [0.717, 1.165) is 0 Å². The molecule has 0 aliphatic rings. The summed E-state index contributed by atoms with van der Waals surface area (Å²) < 4.78 is 18.7. The van der Waals surface area contributed by atoms with Crippen LogP contribution in [0.4, 0.5) is 4.39 Å². The lowest BCUT2D eigenvalue weighted by atomic mass is 10.2. The first-order valence-electron chi connectivity index (χ1n) is 5.20. The lowest BCUT2D eigenvalue weighted by Crippen LogP contribution is -2.16. The third-order valence-corrected chi connectivity index (χ3v) is 2.24. The van der Waals surface area contributed by atoms with E-state index in [-0.39, 0.29) is 29.8 Å². The number of hydrogen-bond donors (Lipinski definition) is 2. The van der Waals surface area contributed by atoms with Gasteiger partial charge in [-0.25, -0.2) is 14.4 Å². The second-order valence-corrected chi connectivity index (χ2v) is 3.50. The summed E-state index contributed by atoms with van der Waals surface area (Å²) in [5, 5.41) is 7.32. The molecule has 1 aromatic carbocycles. The minimum Gasteiger partial charge on any atom is -0.471 e. The smallest absolute Gasteiger partial charge is 0.244 e. The van der Waals surface area contributed by atoms with Gasteiger partial charge < -0.3 is 10.5 Å². The van der Waals surface area contributed by atoms with Crippen molar-refractivity contribution in [2.75, 3.05) is 0 Å². The van der Waals surface area contributed by atoms with Crippen LogP contribution in [0.25, 0.3) is 0 Å². The topological polar surface area (TPSA) is 84.9 Å². The average Bonchev–Trinajstić information content (AvgIpc) is 2.38. The molecule has 2 aromatic rings. The third kappa shape index (κ3) is 2.60. The Balaban J connectivity index is 2.16. The second kappa shape index (κ2) is 5.22. The minimum atomic E-state index is -0.356. The number of rotatable bonds is 4. The van der Waals surface area contributed by atoms with Crippen LogP contribution < -0.4 is 10.5 Å². The standard InChI is InChI=1S/C12H11FN4O/c13-9-4-2-1-3-8(9)7-18-12-10(11(14)15)16-5-6-17-12/h1-6H,7H2,(H3,14,15). The van der Waals surface area contributed by atoms with E-state index >= 15 is 0 Å². The molecule has 1 aromatic heterocycles. The quantitative estimate of drug-likeness (QED) is 0.632. The predicted molar refractivity (Wildman–Crippen MR) is 63.8 cm³/mol. The zero-order chi connectivity index (χ0) is 13.0. The van der Waals surface area contributed by atoms with Crippen LogP contribution >= 0.6 is 0 Å². The van der Waals surface area contributed by atoms with Gasteiger partial charge in [0.1, 0.15) is 18.3 Å².